The second-order valence-electron chi connectivity index (χ2n) is 5.44. The van der Waals surface area contributed by atoms with Gasteiger partial charge in [0.15, 0.2) is 0 Å². The minimum Gasteiger partial charge on any atom is -0.325 e. The van der Waals surface area contributed by atoms with Crippen molar-refractivity contribution < 1.29 is 4.79 Å². The summed E-state index contributed by atoms with van der Waals surface area (Å²) in [5.74, 6) is 0.188. The summed E-state index contributed by atoms with van der Waals surface area (Å²) >= 11 is 0. The molecule has 3 rings (SSSR count). The Balaban J connectivity index is 0.00000176. The summed E-state index contributed by atoms with van der Waals surface area (Å²) in [4.78, 5) is 12.4. The smallest absolute Gasteiger partial charge is 0.228 e. The summed E-state index contributed by atoms with van der Waals surface area (Å²) in [6, 6.07) is 18.1. The van der Waals surface area contributed by atoms with Crippen LogP contribution in [-0.4, -0.2) is 19.0 Å². The van der Waals surface area contributed by atoms with Crippen molar-refractivity contribution in [2.24, 2.45) is 5.92 Å². The van der Waals surface area contributed by atoms with Crippen molar-refractivity contribution in [3.8, 4) is 11.1 Å². The average Bonchev–Trinajstić information content (AvgIpc) is 2.57. The van der Waals surface area contributed by atoms with E-state index in [2.05, 4.69) is 22.8 Å². The van der Waals surface area contributed by atoms with E-state index in [-0.39, 0.29) is 24.2 Å². The summed E-state index contributed by atoms with van der Waals surface area (Å²) in [6.45, 7) is 1.80. The topological polar surface area (TPSA) is 41.1 Å². The molecule has 2 N–H and O–H groups in total. The van der Waals surface area contributed by atoms with E-state index in [1.165, 1.54) is 0 Å². The zero-order chi connectivity index (χ0) is 14.5. The fourth-order valence-corrected chi connectivity index (χ4v) is 2.77. The highest BCUT2D eigenvalue weighted by Crippen LogP contribution is 2.28. The van der Waals surface area contributed by atoms with E-state index < -0.39 is 0 Å². The van der Waals surface area contributed by atoms with Crippen LogP contribution in [0.4, 0.5) is 5.69 Å². The number of hydrogen-bond donors (Lipinski definition) is 2. The van der Waals surface area contributed by atoms with Crippen molar-refractivity contribution in [3.63, 3.8) is 0 Å². The Labute approximate surface area is 137 Å². The van der Waals surface area contributed by atoms with Gasteiger partial charge in [0.2, 0.25) is 5.91 Å². The zero-order valence-corrected chi connectivity index (χ0v) is 13.2. The molecule has 22 heavy (non-hydrogen) atoms. The van der Waals surface area contributed by atoms with E-state index in [1.807, 2.05) is 42.5 Å². The third kappa shape index (κ3) is 3.87. The largest absolute Gasteiger partial charge is 0.325 e. The molecule has 2 aromatic rings. The lowest BCUT2D eigenvalue weighted by Crippen LogP contribution is -2.37. The fourth-order valence-electron chi connectivity index (χ4n) is 2.77. The van der Waals surface area contributed by atoms with Gasteiger partial charge in [-0.05, 0) is 31.0 Å². The number of hydrogen-bond acceptors (Lipinski definition) is 2. The van der Waals surface area contributed by atoms with Gasteiger partial charge in [-0.1, -0.05) is 48.5 Å². The molecule has 3 nitrogen and oxygen atoms in total. The highest BCUT2D eigenvalue weighted by molar-refractivity contribution is 5.96. The molecule has 1 saturated heterocycles. The molecule has 1 fully saturated rings. The number of nitrogens with one attached hydrogen (secondary N) is 2. The molecule has 1 aliphatic heterocycles. The maximum Gasteiger partial charge on any atom is 0.228 e. The van der Waals surface area contributed by atoms with Gasteiger partial charge in [0.1, 0.15) is 0 Å². The van der Waals surface area contributed by atoms with Gasteiger partial charge in [-0.3, -0.25) is 4.79 Å². The molecule has 2 aromatic carbocycles. The van der Waals surface area contributed by atoms with Gasteiger partial charge < -0.3 is 10.6 Å². The summed E-state index contributed by atoms with van der Waals surface area (Å²) in [6.07, 6.45) is 2.03. The molecule has 0 spiro atoms. The van der Waals surface area contributed by atoms with Crippen LogP contribution in [0, 0.1) is 5.92 Å². The third-order valence-electron chi connectivity index (χ3n) is 3.94. The number of piperidine rings is 1. The molecule has 1 amide bonds. The predicted molar refractivity (Wildman–Crippen MR) is 93.3 cm³/mol. The number of rotatable bonds is 3. The molecule has 1 unspecified atom stereocenters. The number of carbonyl (C=O) groups excluding carboxylic acids is 1. The first-order valence-electron chi connectivity index (χ1n) is 7.50. The van der Waals surface area contributed by atoms with Gasteiger partial charge in [-0.15, -0.1) is 12.4 Å². The van der Waals surface area contributed by atoms with Crippen LogP contribution in [0.2, 0.25) is 0 Å². The van der Waals surface area contributed by atoms with E-state index in [1.54, 1.807) is 0 Å². The molecule has 0 aromatic heterocycles. The number of amides is 1. The molecule has 116 valence electrons. The van der Waals surface area contributed by atoms with Crippen molar-refractivity contribution in [2.75, 3.05) is 18.4 Å². The maximum absolute atomic E-state index is 12.4. The van der Waals surface area contributed by atoms with Crippen LogP contribution >= 0.6 is 12.4 Å². The summed E-state index contributed by atoms with van der Waals surface area (Å²) in [7, 11) is 0. The first kappa shape index (κ1) is 16.5. The molecule has 0 bridgehead atoms. The Kier molecular flexibility index (Phi) is 5.99. The molecule has 1 aliphatic rings. The number of halogens is 1. The molecule has 1 heterocycles. The van der Waals surface area contributed by atoms with Gasteiger partial charge in [-0.25, -0.2) is 0 Å². The quantitative estimate of drug-likeness (QED) is 0.906. The lowest BCUT2D eigenvalue weighted by molar-refractivity contribution is -0.120. The summed E-state index contributed by atoms with van der Waals surface area (Å²) < 4.78 is 0. The van der Waals surface area contributed by atoms with Gasteiger partial charge in [0.05, 0.1) is 5.92 Å². The van der Waals surface area contributed by atoms with E-state index in [0.29, 0.717) is 0 Å². The number of benzene rings is 2. The highest BCUT2D eigenvalue weighted by Gasteiger charge is 2.21. The highest BCUT2D eigenvalue weighted by atomic mass is 35.5. The zero-order valence-electron chi connectivity index (χ0n) is 12.4. The van der Waals surface area contributed by atoms with E-state index in [0.717, 1.165) is 42.7 Å². The van der Waals surface area contributed by atoms with Gasteiger partial charge in [0.25, 0.3) is 0 Å². The molecule has 1 atom stereocenters. The van der Waals surface area contributed by atoms with Crippen LogP contribution in [0.3, 0.4) is 0 Å². The Hall–Kier alpha value is -1.84. The van der Waals surface area contributed by atoms with Crippen LogP contribution in [0.1, 0.15) is 12.8 Å². The van der Waals surface area contributed by atoms with Crippen molar-refractivity contribution >= 4 is 24.0 Å². The minimum absolute atomic E-state index is 0. The molecule has 0 aliphatic carbocycles. The Bertz CT molecular complexity index is 609. The van der Waals surface area contributed by atoms with Crippen molar-refractivity contribution in [1.29, 1.82) is 0 Å². The molecule has 0 radical (unpaired) electrons. The monoisotopic (exact) mass is 316 g/mol. The molecular formula is C18H21ClN2O. The fraction of sp³-hybridized carbons (Fsp3) is 0.278. The predicted octanol–water partition coefficient (Wildman–Crippen LogP) is 3.71. The molecule has 0 saturated carbocycles. The van der Waals surface area contributed by atoms with Crippen LogP contribution < -0.4 is 10.6 Å². The lowest BCUT2D eigenvalue weighted by Gasteiger charge is -2.22. The average molecular weight is 317 g/mol. The Morgan fingerprint density at radius 3 is 2.50 bits per heavy atom. The normalized spacial score (nSPS) is 17.4. The van der Waals surface area contributed by atoms with Crippen molar-refractivity contribution in [2.45, 2.75) is 12.8 Å². The van der Waals surface area contributed by atoms with Crippen LogP contribution in [0.25, 0.3) is 11.1 Å². The van der Waals surface area contributed by atoms with Crippen LogP contribution in [-0.2, 0) is 4.79 Å². The first-order valence-corrected chi connectivity index (χ1v) is 7.50. The van der Waals surface area contributed by atoms with Crippen molar-refractivity contribution in [3.05, 3.63) is 54.6 Å². The first-order chi connectivity index (χ1) is 10.3. The second kappa shape index (κ2) is 7.97. The van der Waals surface area contributed by atoms with E-state index in [4.69, 9.17) is 0 Å². The standard InChI is InChI=1S/C18H20N2O.ClH/c21-18(15-9-6-12-19-13-15)20-17-11-5-4-10-16(17)14-7-2-1-3-8-14;/h1-5,7-8,10-11,15,19H,6,9,12-13H2,(H,20,21);1H. The Morgan fingerprint density at radius 2 is 1.77 bits per heavy atom. The van der Waals surface area contributed by atoms with E-state index >= 15 is 0 Å². The third-order valence-corrected chi connectivity index (χ3v) is 3.94. The Morgan fingerprint density at radius 1 is 1.05 bits per heavy atom. The van der Waals surface area contributed by atoms with Crippen LogP contribution in [0.15, 0.2) is 54.6 Å². The van der Waals surface area contributed by atoms with Crippen LogP contribution in [0.5, 0.6) is 0 Å². The second-order valence-corrected chi connectivity index (χ2v) is 5.44. The maximum atomic E-state index is 12.4. The number of anilines is 1. The molecular weight excluding hydrogens is 296 g/mol. The summed E-state index contributed by atoms with van der Waals surface area (Å²) in [5.41, 5.74) is 3.07. The van der Waals surface area contributed by atoms with Gasteiger partial charge in [0, 0.05) is 17.8 Å². The lowest BCUT2D eigenvalue weighted by atomic mass is 9.98. The molecule has 4 heteroatoms. The van der Waals surface area contributed by atoms with Crippen molar-refractivity contribution in [1.82, 2.24) is 5.32 Å². The number of para-hydroxylation sites is 1. The number of carbonyl (C=O) groups is 1. The minimum atomic E-state index is 0. The summed E-state index contributed by atoms with van der Waals surface area (Å²) in [5, 5.41) is 6.39. The SMILES string of the molecule is Cl.O=C(Nc1ccccc1-c1ccccc1)C1CCCNC1. The van der Waals surface area contributed by atoms with Gasteiger partial charge in [-0.2, -0.15) is 0 Å². The van der Waals surface area contributed by atoms with Gasteiger partial charge >= 0.3 is 0 Å². The van der Waals surface area contributed by atoms with E-state index in [9.17, 15) is 4.79 Å².